The van der Waals surface area contributed by atoms with Gasteiger partial charge in [0.25, 0.3) is 0 Å². The van der Waals surface area contributed by atoms with Crippen molar-refractivity contribution in [1.29, 1.82) is 0 Å². The van der Waals surface area contributed by atoms with Crippen LogP contribution in [0.2, 0.25) is 0 Å². The molecule has 0 aliphatic heterocycles. The summed E-state index contributed by atoms with van der Waals surface area (Å²) < 4.78 is 6.45. The van der Waals surface area contributed by atoms with Crippen molar-refractivity contribution in [3.63, 3.8) is 0 Å². The Morgan fingerprint density at radius 1 is 0.442 bits per heavy atom. The fraction of sp³-hybridized carbons (Fsp3) is 0.0400. The topological polar surface area (TPSA) is 16.4 Å². The zero-order chi connectivity index (χ0) is 34.4. The van der Waals surface area contributed by atoms with Crippen LogP contribution in [-0.4, -0.2) is 0 Å². The second kappa shape index (κ2) is 12.6. The van der Waals surface area contributed by atoms with Gasteiger partial charge in [-0.15, -0.1) is 0 Å². The molecule has 2 nitrogen and oxygen atoms in total. The van der Waals surface area contributed by atoms with Gasteiger partial charge in [0, 0.05) is 33.4 Å². The average molecular weight is 666 g/mol. The molecule has 0 radical (unpaired) electrons. The van der Waals surface area contributed by atoms with E-state index >= 15 is 0 Å². The normalized spacial score (nSPS) is 12.9. The lowest BCUT2D eigenvalue weighted by molar-refractivity contribution is 0.670. The van der Waals surface area contributed by atoms with Gasteiger partial charge in [0.15, 0.2) is 0 Å². The van der Waals surface area contributed by atoms with Crippen LogP contribution in [0, 0.1) is 0 Å². The molecule has 0 bridgehead atoms. The summed E-state index contributed by atoms with van der Waals surface area (Å²) in [6.45, 7) is 0. The molecule has 0 fully saturated rings. The molecule has 0 spiro atoms. The maximum atomic E-state index is 6.45. The lowest BCUT2D eigenvalue weighted by Gasteiger charge is -2.29. The summed E-state index contributed by atoms with van der Waals surface area (Å²) in [6.07, 6.45) is 8.70. The molecule has 0 unspecified atom stereocenters. The van der Waals surface area contributed by atoms with E-state index in [1.165, 1.54) is 49.5 Å². The van der Waals surface area contributed by atoms with Crippen LogP contribution in [0.3, 0.4) is 0 Å². The Labute approximate surface area is 303 Å². The number of fused-ring (bicyclic) bond motifs is 6. The molecule has 0 saturated carbocycles. The van der Waals surface area contributed by atoms with Gasteiger partial charge in [-0.3, -0.25) is 0 Å². The van der Waals surface area contributed by atoms with E-state index in [1.807, 2.05) is 12.1 Å². The Morgan fingerprint density at radius 3 is 1.79 bits per heavy atom. The number of furan rings is 1. The van der Waals surface area contributed by atoms with Crippen molar-refractivity contribution in [2.24, 2.45) is 0 Å². The molecule has 0 N–H and O–H groups in total. The van der Waals surface area contributed by atoms with E-state index in [0.717, 1.165) is 57.3 Å². The van der Waals surface area contributed by atoms with Gasteiger partial charge < -0.3 is 9.32 Å². The first-order chi connectivity index (χ1) is 25.8. The smallest absolute Gasteiger partial charge is 0.143 e. The number of nitrogens with zero attached hydrogens (tertiary/aromatic N) is 1. The van der Waals surface area contributed by atoms with Gasteiger partial charge in [0.05, 0.1) is 0 Å². The molecule has 246 valence electrons. The summed E-state index contributed by atoms with van der Waals surface area (Å²) in [7, 11) is 0. The van der Waals surface area contributed by atoms with Crippen LogP contribution in [0.15, 0.2) is 198 Å². The molecule has 2 heteroatoms. The molecular weight excluding hydrogens is 631 g/mol. The molecule has 1 aromatic heterocycles. The lowest BCUT2D eigenvalue weighted by atomic mass is 9.93. The van der Waals surface area contributed by atoms with E-state index < -0.39 is 0 Å². The van der Waals surface area contributed by atoms with Gasteiger partial charge in [-0.1, -0.05) is 146 Å². The van der Waals surface area contributed by atoms with Crippen molar-refractivity contribution in [3.05, 3.63) is 194 Å². The van der Waals surface area contributed by atoms with Gasteiger partial charge in [-0.2, -0.15) is 0 Å². The molecule has 1 aliphatic carbocycles. The Hall–Kier alpha value is -6.64. The van der Waals surface area contributed by atoms with E-state index in [-0.39, 0.29) is 0 Å². The minimum absolute atomic E-state index is 0.914. The summed E-state index contributed by atoms with van der Waals surface area (Å²) in [4.78, 5) is 2.41. The molecule has 8 aromatic carbocycles. The Bertz CT molecular complexity index is 2840. The monoisotopic (exact) mass is 665 g/mol. The number of rotatable bonds is 6. The second-order valence-electron chi connectivity index (χ2n) is 13.6. The van der Waals surface area contributed by atoms with Crippen LogP contribution < -0.4 is 4.90 Å². The Kier molecular flexibility index (Phi) is 7.32. The zero-order valence-electron chi connectivity index (χ0n) is 28.7. The van der Waals surface area contributed by atoms with Gasteiger partial charge in [0.1, 0.15) is 11.2 Å². The highest BCUT2D eigenvalue weighted by molar-refractivity contribution is 6.14. The highest BCUT2D eigenvalue weighted by Crippen LogP contribution is 2.42. The third kappa shape index (κ3) is 5.11. The third-order valence-corrected chi connectivity index (χ3v) is 10.5. The first-order valence-electron chi connectivity index (χ1n) is 18.1. The molecule has 0 atom stereocenters. The van der Waals surface area contributed by atoms with Crippen molar-refractivity contribution in [3.8, 4) is 33.4 Å². The Balaban J connectivity index is 1.03. The fourth-order valence-electron chi connectivity index (χ4n) is 8.06. The van der Waals surface area contributed by atoms with Crippen molar-refractivity contribution < 1.29 is 4.42 Å². The number of para-hydroxylation sites is 2. The maximum Gasteiger partial charge on any atom is 0.143 e. The highest BCUT2D eigenvalue weighted by Gasteiger charge is 2.19. The van der Waals surface area contributed by atoms with Crippen LogP contribution in [0.1, 0.15) is 12.8 Å². The van der Waals surface area contributed by atoms with Gasteiger partial charge in [-0.05, 0) is 105 Å². The molecule has 1 aliphatic rings. The van der Waals surface area contributed by atoms with Crippen LogP contribution in [0.5, 0.6) is 0 Å². The van der Waals surface area contributed by atoms with E-state index in [2.05, 4.69) is 181 Å². The van der Waals surface area contributed by atoms with E-state index in [9.17, 15) is 0 Å². The number of allylic oxidation sites excluding steroid dienone is 4. The van der Waals surface area contributed by atoms with Crippen molar-refractivity contribution in [2.75, 3.05) is 4.90 Å². The quantitative estimate of drug-likeness (QED) is 0.164. The van der Waals surface area contributed by atoms with Crippen LogP contribution in [-0.2, 0) is 0 Å². The zero-order valence-corrected chi connectivity index (χ0v) is 28.7. The van der Waals surface area contributed by atoms with E-state index in [4.69, 9.17) is 4.42 Å². The summed E-state index contributed by atoms with van der Waals surface area (Å²) in [6, 6.07) is 61.3. The van der Waals surface area contributed by atoms with Crippen molar-refractivity contribution >= 4 is 54.9 Å². The highest BCUT2D eigenvalue weighted by atomic mass is 16.3. The average Bonchev–Trinajstić information content (AvgIpc) is 3.61. The number of hydrogen-bond acceptors (Lipinski definition) is 2. The standard InChI is InChI=1S/C50H35NO/c1-2-14-37(15-3-1)51(39-31-27-35(28-32-39)48-33-36-13-4-5-17-41(36)42-18-8-9-20-44(42)48)38-29-25-34(26-30-38)40-16-6-7-19-43(40)46-22-12-23-47-45-21-10-11-24-49(45)52-50(46)47/h1-2,4-14,16-33H,3,15H2. The van der Waals surface area contributed by atoms with Crippen molar-refractivity contribution in [1.82, 2.24) is 0 Å². The van der Waals surface area contributed by atoms with Crippen LogP contribution in [0.4, 0.5) is 11.4 Å². The van der Waals surface area contributed by atoms with Gasteiger partial charge in [0.2, 0.25) is 0 Å². The fourth-order valence-corrected chi connectivity index (χ4v) is 8.06. The van der Waals surface area contributed by atoms with Crippen LogP contribution >= 0.6 is 0 Å². The first-order valence-corrected chi connectivity index (χ1v) is 18.1. The number of anilines is 2. The predicted octanol–water partition coefficient (Wildman–Crippen LogP) is 14.3. The minimum atomic E-state index is 0.914. The van der Waals surface area contributed by atoms with Gasteiger partial charge >= 0.3 is 0 Å². The predicted molar refractivity (Wildman–Crippen MR) is 220 cm³/mol. The summed E-state index contributed by atoms with van der Waals surface area (Å²) in [5.74, 6) is 0. The minimum Gasteiger partial charge on any atom is -0.455 e. The molecular formula is C50H35NO. The maximum absolute atomic E-state index is 6.45. The Morgan fingerprint density at radius 2 is 1.04 bits per heavy atom. The molecule has 52 heavy (non-hydrogen) atoms. The van der Waals surface area contributed by atoms with Crippen LogP contribution in [0.25, 0.3) is 76.9 Å². The van der Waals surface area contributed by atoms with E-state index in [0.29, 0.717) is 0 Å². The molecule has 0 saturated heterocycles. The summed E-state index contributed by atoms with van der Waals surface area (Å²) in [5, 5.41) is 7.40. The summed E-state index contributed by atoms with van der Waals surface area (Å²) >= 11 is 0. The molecule has 9 aromatic rings. The molecule has 0 amide bonds. The number of hydrogen-bond donors (Lipinski definition) is 0. The summed E-state index contributed by atoms with van der Waals surface area (Å²) in [5.41, 5.74) is 12.5. The first kappa shape index (κ1) is 30.2. The van der Waals surface area contributed by atoms with E-state index in [1.54, 1.807) is 0 Å². The van der Waals surface area contributed by atoms with Crippen molar-refractivity contribution in [2.45, 2.75) is 12.8 Å². The lowest BCUT2D eigenvalue weighted by Crippen LogP contribution is -2.17. The second-order valence-corrected chi connectivity index (χ2v) is 13.6. The molecule has 10 rings (SSSR count). The largest absolute Gasteiger partial charge is 0.455 e. The number of benzene rings is 8. The third-order valence-electron chi connectivity index (χ3n) is 10.5. The SMILES string of the molecule is C1=CCCC(N(c2ccc(-c3ccccc3-c3cccc4c3oc3ccccc34)cc2)c2ccc(-c3cc4ccccc4c4ccccc34)cc2)=C1. The van der Waals surface area contributed by atoms with Gasteiger partial charge in [-0.25, -0.2) is 0 Å². The molecule has 1 heterocycles.